The first-order valence-electron chi connectivity index (χ1n) is 7.91. The molecule has 1 aliphatic heterocycles. The molecule has 1 fully saturated rings. The minimum atomic E-state index is -0.889. The fraction of sp³-hybridized carbons (Fsp3) is 0.444. The van der Waals surface area contributed by atoms with Crippen LogP contribution >= 0.6 is 0 Å². The Bertz CT molecular complexity index is 613. The summed E-state index contributed by atoms with van der Waals surface area (Å²) in [4.78, 5) is 25.4. The van der Waals surface area contributed by atoms with Gasteiger partial charge in [-0.05, 0) is 12.5 Å². The maximum atomic E-state index is 12.2. The van der Waals surface area contributed by atoms with Crippen LogP contribution in [0.15, 0.2) is 30.3 Å². The lowest BCUT2D eigenvalue weighted by atomic mass is 9.88. The van der Waals surface area contributed by atoms with Crippen LogP contribution in [0.4, 0.5) is 0 Å². The van der Waals surface area contributed by atoms with E-state index >= 15 is 0 Å². The molecule has 1 heterocycles. The fourth-order valence-corrected chi connectivity index (χ4v) is 2.95. The van der Waals surface area contributed by atoms with E-state index in [1.165, 1.54) is 0 Å². The third-order valence-electron chi connectivity index (χ3n) is 4.23. The monoisotopic (exact) mass is 333 g/mol. The summed E-state index contributed by atoms with van der Waals surface area (Å²) in [6.45, 7) is 0.747. The molecular weight excluding hydrogens is 310 g/mol. The molecule has 1 aliphatic rings. The number of ether oxygens (including phenoxy) is 2. The zero-order valence-corrected chi connectivity index (χ0v) is 14.0. The van der Waals surface area contributed by atoms with E-state index < -0.39 is 17.9 Å². The smallest absolute Gasteiger partial charge is 0.308 e. The summed E-state index contributed by atoms with van der Waals surface area (Å²) in [7, 11) is 3.14. The van der Waals surface area contributed by atoms with Gasteiger partial charge in [0.2, 0.25) is 5.91 Å². The van der Waals surface area contributed by atoms with E-state index in [1.54, 1.807) is 25.2 Å². The Hall–Kier alpha value is -2.34. The molecule has 0 spiro atoms. The topological polar surface area (TPSA) is 76.1 Å². The van der Waals surface area contributed by atoms with Gasteiger partial charge in [-0.3, -0.25) is 9.59 Å². The van der Waals surface area contributed by atoms with Gasteiger partial charge in [0.05, 0.1) is 25.7 Å². The number of carbonyl (C=O) groups excluding carboxylic acids is 1. The number of carboxylic acids is 1. The summed E-state index contributed by atoms with van der Waals surface area (Å²) in [6.07, 6.45) is 4.19. The molecule has 0 aromatic heterocycles. The minimum absolute atomic E-state index is 0.0424. The zero-order valence-electron chi connectivity index (χ0n) is 14.0. The van der Waals surface area contributed by atoms with Crippen molar-refractivity contribution >= 4 is 18.0 Å². The lowest BCUT2D eigenvalue weighted by molar-refractivity contribution is -0.150. The minimum Gasteiger partial charge on any atom is -0.496 e. The number of rotatable bonds is 7. The van der Waals surface area contributed by atoms with Crippen molar-refractivity contribution in [2.75, 3.05) is 27.4 Å². The van der Waals surface area contributed by atoms with Gasteiger partial charge in [-0.25, -0.2) is 0 Å². The number of hydrogen-bond acceptors (Lipinski definition) is 4. The highest BCUT2D eigenvalue weighted by atomic mass is 16.5. The van der Waals surface area contributed by atoms with Crippen molar-refractivity contribution in [3.05, 3.63) is 35.9 Å². The maximum Gasteiger partial charge on any atom is 0.308 e. The van der Waals surface area contributed by atoms with Crippen LogP contribution in [0.5, 0.6) is 5.75 Å². The Morgan fingerprint density at radius 3 is 2.79 bits per heavy atom. The van der Waals surface area contributed by atoms with Gasteiger partial charge in [0.15, 0.2) is 0 Å². The third kappa shape index (κ3) is 4.14. The summed E-state index contributed by atoms with van der Waals surface area (Å²) >= 11 is 0. The maximum absolute atomic E-state index is 12.2. The van der Waals surface area contributed by atoms with Crippen molar-refractivity contribution in [3.63, 3.8) is 0 Å². The van der Waals surface area contributed by atoms with Crippen LogP contribution in [0.25, 0.3) is 6.08 Å². The second kappa shape index (κ2) is 8.49. The van der Waals surface area contributed by atoms with Crippen molar-refractivity contribution in [1.82, 2.24) is 4.90 Å². The van der Waals surface area contributed by atoms with Gasteiger partial charge in [-0.1, -0.05) is 30.4 Å². The van der Waals surface area contributed by atoms with Gasteiger partial charge in [0.1, 0.15) is 5.75 Å². The van der Waals surface area contributed by atoms with E-state index in [4.69, 9.17) is 9.47 Å². The van der Waals surface area contributed by atoms with E-state index in [2.05, 4.69) is 0 Å². The van der Waals surface area contributed by atoms with Gasteiger partial charge in [0.25, 0.3) is 0 Å². The first kappa shape index (κ1) is 18.0. The van der Waals surface area contributed by atoms with Gasteiger partial charge in [-0.15, -0.1) is 0 Å². The summed E-state index contributed by atoms with van der Waals surface area (Å²) in [5.74, 6) is -0.851. The van der Waals surface area contributed by atoms with E-state index in [1.807, 2.05) is 30.3 Å². The number of likely N-dealkylation sites (tertiary alicyclic amines) is 1. The van der Waals surface area contributed by atoms with Crippen LogP contribution in [-0.2, 0) is 14.3 Å². The Morgan fingerprint density at radius 2 is 2.12 bits per heavy atom. The highest BCUT2D eigenvalue weighted by Gasteiger charge is 2.38. The molecule has 0 aliphatic carbocycles. The second-order valence-corrected chi connectivity index (χ2v) is 5.65. The molecule has 130 valence electrons. The lowest BCUT2D eigenvalue weighted by Crippen LogP contribution is -2.51. The molecule has 6 heteroatoms. The summed E-state index contributed by atoms with van der Waals surface area (Å²) < 4.78 is 10.4. The van der Waals surface area contributed by atoms with E-state index in [0.717, 1.165) is 5.56 Å². The molecule has 2 unspecified atom stereocenters. The standard InChI is InChI=1S/C18H23NO5/c1-23-12-11-19-15(14(18(21)22)8-10-17(19)20)9-7-13-5-3-4-6-16(13)24-2/h3-7,9,14-15H,8,10-12H2,1-2H3,(H,21,22). The van der Waals surface area contributed by atoms with Gasteiger partial charge in [0, 0.05) is 25.6 Å². The predicted molar refractivity (Wildman–Crippen MR) is 89.8 cm³/mol. The van der Waals surface area contributed by atoms with Gasteiger partial charge < -0.3 is 19.5 Å². The van der Waals surface area contributed by atoms with E-state index in [9.17, 15) is 14.7 Å². The molecule has 0 bridgehead atoms. The first-order valence-corrected chi connectivity index (χ1v) is 7.91. The van der Waals surface area contributed by atoms with Crippen molar-refractivity contribution in [2.24, 2.45) is 5.92 Å². The number of methoxy groups -OCH3 is 2. The Kier molecular flexibility index (Phi) is 6.37. The van der Waals surface area contributed by atoms with E-state index in [0.29, 0.717) is 25.3 Å². The van der Waals surface area contributed by atoms with E-state index in [-0.39, 0.29) is 12.3 Å². The van der Waals surface area contributed by atoms with Gasteiger partial charge >= 0.3 is 5.97 Å². The molecule has 6 nitrogen and oxygen atoms in total. The molecular formula is C18H23NO5. The molecule has 1 N–H and O–H groups in total. The van der Waals surface area contributed by atoms with Crippen LogP contribution in [0.2, 0.25) is 0 Å². The SMILES string of the molecule is COCCN1C(=O)CCC(C(=O)O)C1C=Cc1ccccc1OC. The Balaban J connectivity index is 2.29. The molecule has 1 aromatic rings. The number of piperidine rings is 1. The van der Waals surface area contributed by atoms with Crippen LogP contribution in [-0.4, -0.2) is 55.3 Å². The molecule has 0 radical (unpaired) electrons. The Morgan fingerprint density at radius 1 is 1.38 bits per heavy atom. The fourth-order valence-electron chi connectivity index (χ4n) is 2.95. The normalized spacial score (nSPS) is 21.2. The lowest BCUT2D eigenvalue weighted by Gasteiger charge is -2.37. The largest absolute Gasteiger partial charge is 0.496 e. The molecule has 0 saturated carbocycles. The molecule has 2 rings (SSSR count). The quantitative estimate of drug-likeness (QED) is 0.826. The Labute approximate surface area is 141 Å². The molecule has 2 atom stereocenters. The molecule has 1 aromatic carbocycles. The van der Waals surface area contributed by atoms with Crippen LogP contribution in [0, 0.1) is 5.92 Å². The van der Waals surface area contributed by atoms with Crippen LogP contribution in [0.1, 0.15) is 18.4 Å². The molecule has 1 amide bonds. The number of carbonyl (C=O) groups is 2. The highest BCUT2D eigenvalue weighted by molar-refractivity contribution is 5.82. The van der Waals surface area contributed by atoms with Crippen LogP contribution < -0.4 is 4.74 Å². The van der Waals surface area contributed by atoms with Crippen molar-refractivity contribution in [1.29, 1.82) is 0 Å². The summed E-state index contributed by atoms with van der Waals surface area (Å²) in [6, 6.07) is 6.97. The average molecular weight is 333 g/mol. The van der Waals surface area contributed by atoms with Crippen molar-refractivity contribution in [2.45, 2.75) is 18.9 Å². The third-order valence-corrected chi connectivity index (χ3v) is 4.23. The first-order chi connectivity index (χ1) is 11.6. The molecule has 1 saturated heterocycles. The number of nitrogens with zero attached hydrogens (tertiary/aromatic N) is 1. The number of hydrogen-bond donors (Lipinski definition) is 1. The zero-order chi connectivity index (χ0) is 17.5. The highest BCUT2D eigenvalue weighted by Crippen LogP contribution is 2.27. The predicted octanol–water partition coefficient (Wildman–Crippen LogP) is 2.05. The summed E-state index contributed by atoms with van der Waals surface area (Å²) in [5.41, 5.74) is 0.842. The van der Waals surface area contributed by atoms with Crippen molar-refractivity contribution in [3.8, 4) is 5.75 Å². The van der Waals surface area contributed by atoms with Crippen molar-refractivity contribution < 1.29 is 24.2 Å². The number of aliphatic carboxylic acids is 1. The number of carboxylic acid groups (broad SMARTS) is 1. The van der Waals surface area contributed by atoms with Crippen LogP contribution in [0.3, 0.4) is 0 Å². The number of benzene rings is 1. The second-order valence-electron chi connectivity index (χ2n) is 5.65. The number of para-hydroxylation sites is 1. The average Bonchev–Trinajstić information content (AvgIpc) is 2.59. The van der Waals surface area contributed by atoms with Gasteiger partial charge in [-0.2, -0.15) is 0 Å². The summed E-state index contributed by atoms with van der Waals surface area (Å²) in [5, 5.41) is 9.51. The number of amides is 1. The molecule has 24 heavy (non-hydrogen) atoms.